The minimum atomic E-state index is -0.320. The van der Waals surface area contributed by atoms with E-state index in [1.807, 2.05) is 0 Å². The van der Waals surface area contributed by atoms with E-state index in [2.05, 4.69) is 0 Å². The molecule has 0 saturated carbocycles. The molecule has 0 bridgehead atoms. The zero-order chi connectivity index (χ0) is 11.5. The van der Waals surface area contributed by atoms with Crippen molar-refractivity contribution < 1.29 is 9.18 Å². The van der Waals surface area contributed by atoms with Crippen molar-refractivity contribution in [3.05, 3.63) is 35.6 Å². The highest BCUT2D eigenvalue weighted by molar-refractivity contribution is 5.79. The van der Waals surface area contributed by atoms with E-state index in [4.69, 9.17) is 5.73 Å². The fourth-order valence-corrected chi connectivity index (χ4v) is 1.93. The highest BCUT2D eigenvalue weighted by Gasteiger charge is 2.23. The number of hydrogen-bond acceptors (Lipinski definition) is 2. The zero-order valence-corrected chi connectivity index (χ0v) is 9.03. The Labute approximate surface area is 94.0 Å². The largest absolute Gasteiger partial charge is 0.341 e. The van der Waals surface area contributed by atoms with Crippen molar-refractivity contribution in [3.8, 4) is 0 Å². The van der Waals surface area contributed by atoms with Crippen LogP contribution in [0.4, 0.5) is 4.39 Å². The lowest BCUT2D eigenvalue weighted by molar-refractivity contribution is -0.129. The lowest BCUT2D eigenvalue weighted by Gasteiger charge is -2.15. The number of nitrogens with zero attached hydrogens (tertiary/aromatic N) is 1. The summed E-state index contributed by atoms with van der Waals surface area (Å²) in [5, 5.41) is 0. The third kappa shape index (κ3) is 2.39. The van der Waals surface area contributed by atoms with Gasteiger partial charge in [0, 0.05) is 19.1 Å². The first-order chi connectivity index (χ1) is 7.66. The van der Waals surface area contributed by atoms with Gasteiger partial charge in [-0.2, -0.15) is 0 Å². The second-order valence-electron chi connectivity index (χ2n) is 4.16. The standard InChI is InChI=1S/C12H15FN2O/c13-11-4-2-1-3-9(11)7-12(16)15-6-5-10(14)8-15/h1-4,10H,5-8,14H2. The van der Waals surface area contributed by atoms with E-state index in [9.17, 15) is 9.18 Å². The molecule has 1 saturated heterocycles. The number of carbonyl (C=O) groups is 1. The van der Waals surface area contributed by atoms with Gasteiger partial charge in [0.05, 0.1) is 6.42 Å². The molecule has 0 aromatic heterocycles. The summed E-state index contributed by atoms with van der Waals surface area (Å²) in [5.74, 6) is -0.364. The summed E-state index contributed by atoms with van der Waals surface area (Å²) in [5.41, 5.74) is 6.17. The summed E-state index contributed by atoms with van der Waals surface area (Å²) in [7, 11) is 0. The summed E-state index contributed by atoms with van der Waals surface area (Å²) in [6.45, 7) is 1.28. The molecule has 2 N–H and O–H groups in total. The number of carbonyl (C=O) groups excluding carboxylic acids is 1. The molecular weight excluding hydrogens is 207 g/mol. The molecule has 1 aliphatic heterocycles. The first-order valence-corrected chi connectivity index (χ1v) is 5.43. The predicted molar refractivity (Wildman–Crippen MR) is 59.3 cm³/mol. The molecule has 1 aliphatic rings. The van der Waals surface area contributed by atoms with Crippen LogP contribution in [0, 0.1) is 5.82 Å². The second kappa shape index (κ2) is 4.61. The lowest BCUT2D eigenvalue weighted by atomic mass is 10.1. The number of rotatable bonds is 2. The minimum Gasteiger partial charge on any atom is -0.341 e. The summed E-state index contributed by atoms with van der Waals surface area (Å²) in [6.07, 6.45) is 0.961. The van der Waals surface area contributed by atoms with Gasteiger partial charge in [-0.3, -0.25) is 4.79 Å². The van der Waals surface area contributed by atoms with Crippen molar-refractivity contribution in [2.45, 2.75) is 18.9 Å². The van der Waals surface area contributed by atoms with E-state index in [0.717, 1.165) is 6.42 Å². The molecule has 86 valence electrons. The van der Waals surface area contributed by atoms with Crippen LogP contribution in [0.2, 0.25) is 0 Å². The molecule has 2 rings (SSSR count). The molecule has 1 heterocycles. The third-order valence-corrected chi connectivity index (χ3v) is 2.88. The van der Waals surface area contributed by atoms with Gasteiger partial charge in [0.2, 0.25) is 5.91 Å². The normalized spacial score (nSPS) is 20.1. The first-order valence-electron chi connectivity index (χ1n) is 5.43. The third-order valence-electron chi connectivity index (χ3n) is 2.88. The van der Waals surface area contributed by atoms with Crippen LogP contribution in [0.5, 0.6) is 0 Å². The Morgan fingerprint density at radius 2 is 2.25 bits per heavy atom. The van der Waals surface area contributed by atoms with Crippen molar-refractivity contribution in [1.82, 2.24) is 4.90 Å². The zero-order valence-electron chi connectivity index (χ0n) is 9.03. The molecule has 1 fully saturated rings. The fourth-order valence-electron chi connectivity index (χ4n) is 1.93. The SMILES string of the molecule is NC1CCN(C(=O)Cc2ccccc2F)C1. The molecule has 1 amide bonds. The quantitative estimate of drug-likeness (QED) is 0.809. The van der Waals surface area contributed by atoms with Crippen molar-refractivity contribution in [2.75, 3.05) is 13.1 Å². The number of nitrogens with two attached hydrogens (primary N) is 1. The Hall–Kier alpha value is -1.42. The van der Waals surface area contributed by atoms with Crippen LogP contribution in [0.3, 0.4) is 0 Å². The average Bonchev–Trinajstić information content (AvgIpc) is 2.68. The average molecular weight is 222 g/mol. The molecule has 0 spiro atoms. The molecule has 0 aliphatic carbocycles. The molecule has 1 atom stereocenters. The van der Waals surface area contributed by atoms with E-state index in [0.29, 0.717) is 18.7 Å². The monoisotopic (exact) mass is 222 g/mol. The van der Waals surface area contributed by atoms with E-state index in [-0.39, 0.29) is 24.2 Å². The van der Waals surface area contributed by atoms with E-state index in [1.54, 1.807) is 23.1 Å². The van der Waals surface area contributed by atoms with E-state index < -0.39 is 0 Å². The Balaban J connectivity index is 2.00. The topological polar surface area (TPSA) is 46.3 Å². The summed E-state index contributed by atoms with van der Waals surface area (Å²) >= 11 is 0. The Kier molecular flexibility index (Phi) is 3.19. The number of amides is 1. The fraction of sp³-hybridized carbons (Fsp3) is 0.417. The van der Waals surface area contributed by atoms with Gasteiger partial charge < -0.3 is 10.6 Å². The minimum absolute atomic E-state index is 0.0435. The highest BCUT2D eigenvalue weighted by Crippen LogP contribution is 2.12. The lowest BCUT2D eigenvalue weighted by Crippen LogP contribution is -2.33. The highest BCUT2D eigenvalue weighted by atomic mass is 19.1. The van der Waals surface area contributed by atoms with Crippen LogP contribution in [-0.4, -0.2) is 29.9 Å². The van der Waals surface area contributed by atoms with E-state index in [1.165, 1.54) is 6.07 Å². The Bertz CT molecular complexity index is 394. The number of likely N-dealkylation sites (tertiary alicyclic amines) is 1. The molecule has 1 aromatic rings. The summed E-state index contributed by atoms with van der Waals surface area (Å²) in [4.78, 5) is 13.5. The second-order valence-corrected chi connectivity index (χ2v) is 4.16. The molecule has 3 nitrogen and oxygen atoms in total. The maximum Gasteiger partial charge on any atom is 0.227 e. The number of benzene rings is 1. The van der Waals surface area contributed by atoms with Gasteiger partial charge in [0.1, 0.15) is 5.82 Å². The smallest absolute Gasteiger partial charge is 0.227 e. The van der Waals surface area contributed by atoms with Crippen molar-refractivity contribution in [1.29, 1.82) is 0 Å². The summed E-state index contributed by atoms with van der Waals surface area (Å²) in [6, 6.07) is 6.45. The van der Waals surface area contributed by atoms with Crippen LogP contribution in [0.15, 0.2) is 24.3 Å². The molecule has 16 heavy (non-hydrogen) atoms. The van der Waals surface area contributed by atoms with Crippen molar-refractivity contribution in [3.63, 3.8) is 0 Å². The van der Waals surface area contributed by atoms with Crippen LogP contribution in [0.25, 0.3) is 0 Å². The van der Waals surface area contributed by atoms with Crippen molar-refractivity contribution >= 4 is 5.91 Å². The van der Waals surface area contributed by atoms with E-state index >= 15 is 0 Å². The molecule has 1 unspecified atom stereocenters. The van der Waals surface area contributed by atoms with Gasteiger partial charge in [-0.25, -0.2) is 4.39 Å². The van der Waals surface area contributed by atoms with Crippen LogP contribution in [-0.2, 0) is 11.2 Å². The van der Waals surface area contributed by atoms with Crippen molar-refractivity contribution in [2.24, 2.45) is 5.73 Å². The maximum atomic E-state index is 13.3. The number of halogens is 1. The Morgan fingerprint density at radius 1 is 1.50 bits per heavy atom. The molecular formula is C12H15FN2O. The van der Waals surface area contributed by atoms with Gasteiger partial charge in [-0.15, -0.1) is 0 Å². The molecule has 0 radical (unpaired) electrons. The van der Waals surface area contributed by atoms with Crippen LogP contribution in [0.1, 0.15) is 12.0 Å². The molecule has 4 heteroatoms. The van der Waals surface area contributed by atoms with Gasteiger partial charge >= 0.3 is 0 Å². The van der Waals surface area contributed by atoms with Gasteiger partial charge in [-0.05, 0) is 18.1 Å². The van der Waals surface area contributed by atoms with Crippen LogP contribution < -0.4 is 5.73 Å². The predicted octanol–water partition coefficient (Wildman–Crippen LogP) is 0.928. The first kappa shape index (κ1) is 11.1. The van der Waals surface area contributed by atoms with Gasteiger partial charge in [0.25, 0.3) is 0 Å². The van der Waals surface area contributed by atoms with Gasteiger partial charge in [0.15, 0.2) is 0 Å². The molecule has 1 aromatic carbocycles. The summed E-state index contributed by atoms with van der Waals surface area (Å²) < 4.78 is 13.3. The van der Waals surface area contributed by atoms with Gasteiger partial charge in [-0.1, -0.05) is 18.2 Å². The number of hydrogen-bond donors (Lipinski definition) is 1. The Morgan fingerprint density at radius 3 is 2.88 bits per heavy atom. The van der Waals surface area contributed by atoms with Crippen LogP contribution >= 0.6 is 0 Å². The maximum absolute atomic E-state index is 13.3.